The second-order valence-electron chi connectivity index (χ2n) is 8.54. The maximum Gasteiger partial charge on any atom is 0.226 e. The quantitative estimate of drug-likeness (QED) is 0.595. The van der Waals surface area contributed by atoms with Crippen LogP contribution in [0.1, 0.15) is 50.4 Å². The number of pyridine rings is 1. The van der Waals surface area contributed by atoms with Crippen molar-refractivity contribution in [3.63, 3.8) is 0 Å². The van der Waals surface area contributed by atoms with Crippen LogP contribution in [-0.2, 0) is 4.79 Å². The van der Waals surface area contributed by atoms with Crippen LogP contribution in [0.25, 0.3) is 11.3 Å². The zero-order valence-electron chi connectivity index (χ0n) is 17.9. The van der Waals surface area contributed by atoms with Crippen molar-refractivity contribution in [1.82, 2.24) is 19.9 Å². The Labute approximate surface area is 186 Å². The molecule has 1 N–H and O–H groups in total. The van der Waals surface area contributed by atoms with E-state index >= 15 is 0 Å². The number of aromatic nitrogens is 3. The molecule has 164 valence electrons. The van der Waals surface area contributed by atoms with Gasteiger partial charge in [0.25, 0.3) is 0 Å². The Bertz CT molecular complexity index is 1100. The molecule has 2 aromatic heterocycles. The molecule has 1 aromatic carbocycles. The summed E-state index contributed by atoms with van der Waals surface area (Å²) in [5.74, 6) is 1.25. The Morgan fingerprint density at radius 1 is 1.00 bits per heavy atom. The van der Waals surface area contributed by atoms with E-state index < -0.39 is 0 Å². The Balaban J connectivity index is 1.51. The number of anilines is 2. The summed E-state index contributed by atoms with van der Waals surface area (Å²) < 4.78 is 13.7. The lowest BCUT2D eigenvalue weighted by atomic mass is 10.1. The third-order valence-electron chi connectivity index (χ3n) is 6.35. The van der Waals surface area contributed by atoms with Gasteiger partial charge in [0, 0.05) is 42.2 Å². The first-order valence-corrected chi connectivity index (χ1v) is 11.3. The monoisotopic (exact) mass is 431 g/mol. The lowest BCUT2D eigenvalue weighted by molar-refractivity contribution is -0.136. The number of carbonyl (C=O) groups excluding carboxylic acids is 1. The molecule has 1 atom stereocenters. The molecule has 1 saturated carbocycles. The largest absolute Gasteiger partial charge is 0.340 e. The first-order valence-electron chi connectivity index (χ1n) is 11.3. The van der Waals surface area contributed by atoms with Gasteiger partial charge in [-0.3, -0.25) is 9.78 Å². The van der Waals surface area contributed by atoms with Gasteiger partial charge in [-0.05, 0) is 56.0 Å². The molecule has 1 saturated heterocycles. The second-order valence-corrected chi connectivity index (χ2v) is 8.54. The minimum Gasteiger partial charge on any atom is -0.340 e. The van der Waals surface area contributed by atoms with Crippen LogP contribution < -0.4 is 5.32 Å². The van der Waals surface area contributed by atoms with Crippen molar-refractivity contribution >= 4 is 17.4 Å². The van der Waals surface area contributed by atoms with E-state index in [1.807, 2.05) is 23.1 Å². The molecule has 1 aliphatic heterocycles. The smallest absolute Gasteiger partial charge is 0.226 e. The fourth-order valence-corrected chi connectivity index (χ4v) is 4.77. The van der Waals surface area contributed by atoms with Gasteiger partial charge in [-0.2, -0.15) is 0 Å². The van der Waals surface area contributed by atoms with Gasteiger partial charge in [0.2, 0.25) is 5.91 Å². The Morgan fingerprint density at radius 2 is 1.81 bits per heavy atom. The normalized spacial score (nSPS) is 18.8. The molecule has 0 bridgehead atoms. The maximum atomic E-state index is 13.7. The number of likely N-dealkylation sites (tertiary alicyclic amines) is 1. The van der Waals surface area contributed by atoms with Crippen LogP contribution in [0.2, 0.25) is 0 Å². The minimum absolute atomic E-state index is 0.129. The van der Waals surface area contributed by atoms with Crippen LogP contribution >= 0.6 is 0 Å². The van der Waals surface area contributed by atoms with E-state index in [1.165, 1.54) is 12.1 Å². The highest BCUT2D eigenvalue weighted by molar-refractivity contribution is 5.80. The molecule has 1 amide bonds. The predicted octanol–water partition coefficient (Wildman–Crippen LogP) is 5.28. The van der Waals surface area contributed by atoms with Crippen molar-refractivity contribution in [2.45, 2.75) is 44.6 Å². The number of rotatable bonds is 5. The van der Waals surface area contributed by atoms with Crippen LogP contribution in [-0.4, -0.2) is 32.3 Å². The number of amides is 1. The van der Waals surface area contributed by atoms with Crippen LogP contribution in [0.5, 0.6) is 0 Å². The van der Waals surface area contributed by atoms with Gasteiger partial charge in [0.15, 0.2) is 5.82 Å². The molecule has 0 radical (unpaired) electrons. The lowest BCUT2D eigenvalue weighted by Crippen LogP contribution is -2.35. The topological polar surface area (TPSA) is 71.0 Å². The molecule has 5 rings (SSSR count). The Morgan fingerprint density at radius 3 is 2.59 bits per heavy atom. The summed E-state index contributed by atoms with van der Waals surface area (Å²) in [5, 5.41) is 3.21. The summed E-state index contributed by atoms with van der Waals surface area (Å²) in [4.78, 5) is 28.9. The highest BCUT2D eigenvalue weighted by Crippen LogP contribution is 2.36. The van der Waals surface area contributed by atoms with E-state index in [2.05, 4.69) is 10.3 Å². The second kappa shape index (κ2) is 9.02. The van der Waals surface area contributed by atoms with Crippen molar-refractivity contribution in [1.29, 1.82) is 0 Å². The van der Waals surface area contributed by atoms with Crippen LogP contribution in [0.4, 0.5) is 15.9 Å². The molecule has 1 aliphatic carbocycles. The molecule has 3 aromatic rings. The summed E-state index contributed by atoms with van der Waals surface area (Å²) in [7, 11) is 0. The van der Waals surface area contributed by atoms with Gasteiger partial charge in [-0.25, -0.2) is 14.4 Å². The summed E-state index contributed by atoms with van der Waals surface area (Å²) in [6.45, 7) is 0.746. The first-order chi connectivity index (χ1) is 15.7. The van der Waals surface area contributed by atoms with E-state index in [0.717, 1.165) is 56.3 Å². The van der Waals surface area contributed by atoms with Crippen molar-refractivity contribution in [2.75, 3.05) is 11.9 Å². The predicted molar refractivity (Wildman–Crippen MR) is 121 cm³/mol. The summed E-state index contributed by atoms with van der Waals surface area (Å²) in [5.41, 5.74) is 2.27. The van der Waals surface area contributed by atoms with E-state index in [1.54, 1.807) is 24.5 Å². The SMILES string of the molecule is O=C(C1CCCC1)N1CCC[C@@H]1c1nc(Nc2cccc(F)c2)cc(-c2ccncc2)n1. The van der Waals surface area contributed by atoms with Gasteiger partial charge < -0.3 is 10.2 Å². The van der Waals surface area contributed by atoms with Crippen molar-refractivity contribution < 1.29 is 9.18 Å². The summed E-state index contributed by atoms with van der Waals surface area (Å²) >= 11 is 0. The van der Waals surface area contributed by atoms with Gasteiger partial charge >= 0.3 is 0 Å². The number of benzene rings is 1. The van der Waals surface area contributed by atoms with Crippen LogP contribution in [0.15, 0.2) is 54.9 Å². The lowest BCUT2D eigenvalue weighted by Gasteiger charge is -2.27. The maximum absolute atomic E-state index is 13.7. The molecule has 0 spiro atoms. The zero-order chi connectivity index (χ0) is 21.9. The molecule has 6 nitrogen and oxygen atoms in total. The van der Waals surface area contributed by atoms with E-state index in [4.69, 9.17) is 9.97 Å². The third kappa shape index (κ3) is 4.33. The molecular formula is C25H26FN5O. The fourth-order valence-electron chi connectivity index (χ4n) is 4.77. The number of hydrogen-bond donors (Lipinski definition) is 1. The zero-order valence-corrected chi connectivity index (χ0v) is 17.9. The van der Waals surface area contributed by atoms with Crippen molar-refractivity contribution in [3.05, 3.63) is 66.5 Å². The molecule has 3 heterocycles. The van der Waals surface area contributed by atoms with Gasteiger partial charge in [0.1, 0.15) is 11.6 Å². The Kier molecular flexibility index (Phi) is 5.79. The van der Waals surface area contributed by atoms with Gasteiger partial charge in [0.05, 0.1) is 11.7 Å². The van der Waals surface area contributed by atoms with Crippen molar-refractivity contribution in [2.24, 2.45) is 5.92 Å². The standard InChI is InChI=1S/C25H26FN5O/c26-19-7-3-8-20(15-19)28-23-16-21(17-10-12-27-13-11-17)29-24(30-23)22-9-4-14-31(22)25(32)18-5-1-2-6-18/h3,7-8,10-13,15-16,18,22H,1-2,4-6,9,14H2,(H,28,29,30)/t22-/m1/s1. The molecule has 2 aliphatic rings. The summed E-state index contributed by atoms with van der Waals surface area (Å²) in [6, 6.07) is 11.8. The molecular weight excluding hydrogens is 405 g/mol. The summed E-state index contributed by atoms with van der Waals surface area (Å²) in [6.07, 6.45) is 9.45. The fraction of sp³-hybridized carbons (Fsp3) is 0.360. The number of nitrogens with one attached hydrogen (secondary N) is 1. The van der Waals surface area contributed by atoms with E-state index in [-0.39, 0.29) is 23.7 Å². The van der Waals surface area contributed by atoms with Crippen LogP contribution in [0.3, 0.4) is 0 Å². The number of nitrogens with zero attached hydrogens (tertiary/aromatic N) is 4. The average Bonchev–Trinajstić information content (AvgIpc) is 3.52. The molecule has 0 unspecified atom stereocenters. The highest BCUT2D eigenvalue weighted by atomic mass is 19.1. The first kappa shape index (κ1) is 20.5. The Hall–Kier alpha value is -3.35. The molecule has 32 heavy (non-hydrogen) atoms. The van der Waals surface area contributed by atoms with Gasteiger partial charge in [-0.1, -0.05) is 18.9 Å². The van der Waals surface area contributed by atoms with E-state index in [9.17, 15) is 9.18 Å². The van der Waals surface area contributed by atoms with E-state index in [0.29, 0.717) is 17.3 Å². The third-order valence-corrected chi connectivity index (χ3v) is 6.35. The van der Waals surface area contributed by atoms with Crippen molar-refractivity contribution in [3.8, 4) is 11.3 Å². The minimum atomic E-state index is -0.317. The number of carbonyl (C=O) groups is 1. The van der Waals surface area contributed by atoms with Gasteiger partial charge in [-0.15, -0.1) is 0 Å². The number of hydrogen-bond acceptors (Lipinski definition) is 5. The average molecular weight is 432 g/mol. The number of halogens is 1. The van der Waals surface area contributed by atoms with Crippen LogP contribution in [0, 0.1) is 11.7 Å². The molecule has 2 fully saturated rings. The molecule has 7 heteroatoms. The highest BCUT2D eigenvalue weighted by Gasteiger charge is 2.36.